The lowest BCUT2D eigenvalue weighted by molar-refractivity contribution is 0.0692. The molecule has 0 aliphatic rings. The Morgan fingerprint density at radius 1 is 1.19 bits per heavy atom. The number of aromatic nitrogens is 1. The maximum atomic E-state index is 11.9. The van der Waals surface area contributed by atoms with Gasteiger partial charge in [-0.05, 0) is 30.3 Å². The fourth-order valence-electron chi connectivity index (χ4n) is 1.55. The van der Waals surface area contributed by atoms with Crippen LogP contribution < -0.4 is 10.6 Å². The highest BCUT2D eigenvalue weighted by Crippen LogP contribution is 2.25. The quantitative estimate of drug-likeness (QED) is 0.765. The van der Waals surface area contributed by atoms with E-state index in [0.717, 1.165) is 4.47 Å². The zero-order chi connectivity index (χ0) is 15.4. The van der Waals surface area contributed by atoms with Gasteiger partial charge in [0.15, 0.2) is 5.69 Å². The molecule has 0 saturated carbocycles. The summed E-state index contributed by atoms with van der Waals surface area (Å²) in [6.07, 6.45) is 1.33. The number of aromatic carboxylic acids is 1. The summed E-state index contributed by atoms with van der Waals surface area (Å²) in [7, 11) is 0. The molecule has 0 saturated heterocycles. The van der Waals surface area contributed by atoms with Crippen LogP contribution in [0.2, 0.25) is 5.02 Å². The maximum Gasteiger partial charge on any atom is 0.356 e. The van der Waals surface area contributed by atoms with Crippen LogP contribution >= 0.6 is 27.5 Å². The van der Waals surface area contributed by atoms with Gasteiger partial charge in [0.05, 0.1) is 16.4 Å². The van der Waals surface area contributed by atoms with E-state index in [9.17, 15) is 9.59 Å². The lowest BCUT2D eigenvalue weighted by Gasteiger charge is -2.10. The van der Waals surface area contributed by atoms with E-state index < -0.39 is 12.0 Å². The van der Waals surface area contributed by atoms with Gasteiger partial charge in [0.2, 0.25) is 0 Å². The van der Waals surface area contributed by atoms with Crippen LogP contribution in [0, 0.1) is 0 Å². The zero-order valence-corrected chi connectivity index (χ0v) is 12.8. The minimum absolute atomic E-state index is 0.0913. The SMILES string of the molecule is O=C(Nc1cc(Br)ccc1Cl)Nc1cccnc1C(=O)O. The monoisotopic (exact) mass is 369 g/mol. The number of carboxylic acid groups (broad SMARTS) is 1. The standard InChI is InChI=1S/C13H9BrClN3O3/c14-7-3-4-8(15)10(6-7)18-13(21)17-9-2-1-5-16-11(9)12(19)20/h1-6H,(H,19,20)(H2,17,18,21). The molecule has 21 heavy (non-hydrogen) atoms. The van der Waals surface area contributed by atoms with Gasteiger partial charge in [0.25, 0.3) is 0 Å². The predicted octanol–water partition coefficient (Wildman–Crippen LogP) is 3.84. The van der Waals surface area contributed by atoms with Crippen LogP contribution in [-0.2, 0) is 0 Å². The number of anilines is 2. The molecule has 3 N–H and O–H groups in total. The normalized spacial score (nSPS) is 10.0. The van der Waals surface area contributed by atoms with Gasteiger partial charge in [0, 0.05) is 10.7 Å². The van der Waals surface area contributed by atoms with Crippen molar-refractivity contribution in [2.45, 2.75) is 0 Å². The Labute approximate surface area is 133 Å². The Kier molecular flexibility index (Phi) is 4.77. The fraction of sp³-hybridized carbons (Fsp3) is 0. The van der Waals surface area contributed by atoms with E-state index in [-0.39, 0.29) is 11.4 Å². The van der Waals surface area contributed by atoms with Gasteiger partial charge >= 0.3 is 12.0 Å². The van der Waals surface area contributed by atoms with Crippen molar-refractivity contribution in [2.24, 2.45) is 0 Å². The number of amides is 2. The predicted molar refractivity (Wildman–Crippen MR) is 83.0 cm³/mol. The molecule has 0 atom stereocenters. The molecule has 0 bridgehead atoms. The maximum absolute atomic E-state index is 11.9. The summed E-state index contributed by atoms with van der Waals surface area (Å²) in [5.74, 6) is -1.23. The first kappa shape index (κ1) is 15.3. The molecule has 2 amide bonds. The number of carboxylic acids is 1. The van der Waals surface area contributed by atoms with Gasteiger partial charge in [0.1, 0.15) is 0 Å². The first-order valence-electron chi connectivity index (χ1n) is 5.69. The van der Waals surface area contributed by atoms with E-state index in [1.54, 1.807) is 18.2 Å². The topological polar surface area (TPSA) is 91.3 Å². The molecule has 2 rings (SSSR count). The first-order chi connectivity index (χ1) is 9.97. The highest BCUT2D eigenvalue weighted by atomic mass is 79.9. The van der Waals surface area contributed by atoms with E-state index in [1.165, 1.54) is 18.3 Å². The molecule has 6 nitrogen and oxygen atoms in total. The lowest BCUT2D eigenvalue weighted by Crippen LogP contribution is -2.21. The molecule has 0 fully saturated rings. The van der Waals surface area contributed by atoms with Crippen molar-refractivity contribution in [3.8, 4) is 0 Å². The van der Waals surface area contributed by atoms with E-state index in [2.05, 4.69) is 31.5 Å². The van der Waals surface area contributed by atoms with Gasteiger partial charge in [-0.2, -0.15) is 0 Å². The number of rotatable bonds is 3. The van der Waals surface area contributed by atoms with Crippen molar-refractivity contribution < 1.29 is 14.7 Å². The zero-order valence-electron chi connectivity index (χ0n) is 10.4. The average molecular weight is 371 g/mol. The van der Waals surface area contributed by atoms with E-state index in [4.69, 9.17) is 16.7 Å². The van der Waals surface area contributed by atoms with Gasteiger partial charge in [-0.1, -0.05) is 27.5 Å². The minimum atomic E-state index is -1.23. The molecule has 1 heterocycles. The Balaban J connectivity index is 2.16. The van der Waals surface area contributed by atoms with Crippen LogP contribution in [0.5, 0.6) is 0 Å². The molecule has 0 aliphatic heterocycles. The van der Waals surface area contributed by atoms with Crippen LogP contribution in [-0.4, -0.2) is 22.1 Å². The number of halogens is 2. The molecule has 2 aromatic rings. The number of hydrogen-bond donors (Lipinski definition) is 3. The number of nitrogens with zero attached hydrogens (tertiary/aromatic N) is 1. The number of nitrogens with one attached hydrogen (secondary N) is 2. The Morgan fingerprint density at radius 2 is 1.90 bits per heavy atom. The third-order valence-corrected chi connectivity index (χ3v) is 3.26. The van der Waals surface area contributed by atoms with E-state index in [0.29, 0.717) is 10.7 Å². The summed E-state index contributed by atoms with van der Waals surface area (Å²) < 4.78 is 0.745. The Bertz CT molecular complexity index is 709. The van der Waals surface area contributed by atoms with Crippen LogP contribution in [0.3, 0.4) is 0 Å². The second-order valence-electron chi connectivity index (χ2n) is 3.91. The van der Waals surface area contributed by atoms with Gasteiger partial charge in [-0.25, -0.2) is 14.6 Å². The highest BCUT2D eigenvalue weighted by molar-refractivity contribution is 9.10. The molecule has 0 spiro atoms. The van der Waals surface area contributed by atoms with Crippen molar-refractivity contribution in [2.75, 3.05) is 10.6 Å². The molecule has 0 aliphatic carbocycles. The first-order valence-corrected chi connectivity index (χ1v) is 6.86. The Morgan fingerprint density at radius 3 is 2.62 bits per heavy atom. The number of pyridine rings is 1. The van der Waals surface area contributed by atoms with Crippen LogP contribution in [0.4, 0.5) is 16.2 Å². The van der Waals surface area contributed by atoms with Crippen molar-refractivity contribution in [3.63, 3.8) is 0 Å². The molecule has 1 aromatic carbocycles. The second-order valence-corrected chi connectivity index (χ2v) is 5.23. The highest BCUT2D eigenvalue weighted by Gasteiger charge is 2.14. The van der Waals surface area contributed by atoms with Crippen molar-refractivity contribution >= 4 is 50.9 Å². The molecule has 1 aromatic heterocycles. The van der Waals surface area contributed by atoms with E-state index in [1.807, 2.05) is 0 Å². The van der Waals surface area contributed by atoms with Crippen molar-refractivity contribution in [1.29, 1.82) is 0 Å². The van der Waals surface area contributed by atoms with Crippen molar-refractivity contribution in [1.82, 2.24) is 4.98 Å². The number of hydrogen-bond acceptors (Lipinski definition) is 3. The lowest BCUT2D eigenvalue weighted by atomic mass is 10.3. The third kappa shape index (κ3) is 3.93. The summed E-state index contributed by atoms with van der Waals surface area (Å²) in [6, 6.07) is 7.32. The summed E-state index contributed by atoms with van der Waals surface area (Å²) in [4.78, 5) is 26.6. The van der Waals surface area contributed by atoms with Gasteiger partial charge in [-0.3, -0.25) is 0 Å². The molecule has 0 radical (unpaired) electrons. The van der Waals surface area contributed by atoms with Crippen LogP contribution in [0.25, 0.3) is 0 Å². The number of benzene rings is 1. The smallest absolute Gasteiger partial charge is 0.356 e. The molecule has 8 heteroatoms. The van der Waals surface area contributed by atoms with Crippen molar-refractivity contribution in [3.05, 3.63) is 51.7 Å². The largest absolute Gasteiger partial charge is 0.476 e. The summed E-state index contributed by atoms with van der Waals surface area (Å²) >= 11 is 9.22. The van der Waals surface area contributed by atoms with Crippen LogP contribution in [0.1, 0.15) is 10.5 Å². The molecule has 108 valence electrons. The summed E-state index contributed by atoms with van der Waals surface area (Å²) in [6.45, 7) is 0. The number of urea groups is 1. The average Bonchev–Trinajstić information content (AvgIpc) is 2.43. The number of carbonyl (C=O) groups excluding carboxylic acids is 1. The van der Waals surface area contributed by atoms with Crippen LogP contribution in [0.15, 0.2) is 41.0 Å². The summed E-state index contributed by atoms with van der Waals surface area (Å²) in [5, 5.41) is 14.3. The van der Waals surface area contributed by atoms with E-state index >= 15 is 0 Å². The Hall–Kier alpha value is -2.12. The fourth-order valence-corrected chi connectivity index (χ4v) is 2.07. The molecule has 0 unspecified atom stereocenters. The van der Waals surface area contributed by atoms with Gasteiger partial charge < -0.3 is 15.7 Å². The third-order valence-electron chi connectivity index (χ3n) is 2.44. The summed E-state index contributed by atoms with van der Waals surface area (Å²) in [5.41, 5.74) is 0.242. The number of carbonyl (C=O) groups is 2. The second kappa shape index (κ2) is 6.55. The van der Waals surface area contributed by atoms with Gasteiger partial charge in [-0.15, -0.1) is 0 Å². The molecular weight excluding hydrogens is 362 g/mol. The minimum Gasteiger partial charge on any atom is -0.476 e. The molecular formula is C13H9BrClN3O3.